The summed E-state index contributed by atoms with van der Waals surface area (Å²) in [5, 5.41) is 1.99. The molecule has 0 radical (unpaired) electrons. The van der Waals surface area contributed by atoms with E-state index < -0.39 is 5.97 Å². The lowest BCUT2D eigenvalue weighted by Gasteiger charge is -2.31. The summed E-state index contributed by atoms with van der Waals surface area (Å²) in [6.45, 7) is 7.45. The zero-order valence-corrected chi connectivity index (χ0v) is 10.3. The molecule has 4 heteroatoms. The lowest BCUT2D eigenvalue weighted by molar-refractivity contribution is -0.387. The van der Waals surface area contributed by atoms with Gasteiger partial charge in [0.25, 0.3) is 0 Å². The highest BCUT2D eigenvalue weighted by Crippen LogP contribution is 2.32. The van der Waals surface area contributed by atoms with Gasteiger partial charge >= 0.3 is 5.97 Å². The van der Waals surface area contributed by atoms with Gasteiger partial charge in [0, 0.05) is 0 Å². The van der Waals surface area contributed by atoms with Crippen LogP contribution in [0.3, 0.4) is 0 Å². The molecule has 3 nitrogen and oxygen atoms in total. The van der Waals surface area contributed by atoms with E-state index in [4.69, 9.17) is 14.2 Å². The first kappa shape index (κ1) is 12.6. The summed E-state index contributed by atoms with van der Waals surface area (Å²) >= 11 is 1.57. The summed E-state index contributed by atoms with van der Waals surface area (Å²) in [4.78, 5) is 0.952. The third kappa shape index (κ3) is 3.01. The van der Waals surface area contributed by atoms with Crippen molar-refractivity contribution >= 4 is 11.3 Å². The monoisotopic (exact) mass is 230 g/mol. The van der Waals surface area contributed by atoms with Crippen LogP contribution >= 0.6 is 11.3 Å². The van der Waals surface area contributed by atoms with Crippen LogP contribution in [0.25, 0.3) is 0 Å². The molecule has 0 amide bonds. The molecular formula is C11H18O3S. The van der Waals surface area contributed by atoms with Crippen LogP contribution in [0.15, 0.2) is 17.5 Å². The average Bonchev–Trinajstić information content (AvgIpc) is 2.72. The largest absolute Gasteiger partial charge is 0.323 e. The molecule has 0 saturated carbocycles. The van der Waals surface area contributed by atoms with Gasteiger partial charge < -0.3 is 14.2 Å². The molecule has 1 aromatic heterocycles. The van der Waals surface area contributed by atoms with Gasteiger partial charge in [0.2, 0.25) is 0 Å². The Morgan fingerprint density at radius 1 is 1.07 bits per heavy atom. The molecule has 0 unspecified atom stereocenters. The zero-order valence-electron chi connectivity index (χ0n) is 9.49. The smallest absolute Gasteiger partial charge is 0.321 e. The Morgan fingerprint density at radius 3 is 1.93 bits per heavy atom. The molecule has 0 N–H and O–H groups in total. The predicted molar refractivity (Wildman–Crippen MR) is 60.9 cm³/mol. The minimum Gasteiger partial charge on any atom is -0.323 e. The van der Waals surface area contributed by atoms with E-state index in [1.54, 1.807) is 11.3 Å². The van der Waals surface area contributed by atoms with Crippen LogP contribution in [0.5, 0.6) is 0 Å². The van der Waals surface area contributed by atoms with Crippen molar-refractivity contribution in [3.05, 3.63) is 22.4 Å². The van der Waals surface area contributed by atoms with Crippen molar-refractivity contribution in [2.24, 2.45) is 0 Å². The Hall–Kier alpha value is -0.420. The predicted octanol–water partition coefficient (Wildman–Crippen LogP) is 2.97. The fourth-order valence-corrected chi connectivity index (χ4v) is 2.14. The van der Waals surface area contributed by atoms with Crippen LogP contribution in [0.1, 0.15) is 25.6 Å². The Kier molecular flexibility index (Phi) is 5.25. The van der Waals surface area contributed by atoms with Gasteiger partial charge in [0.05, 0.1) is 24.7 Å². The van der Waals surface area contributed by atoms with Gasteiger partial charge in [-0.05, 0) is 32.2 Å². The van der Waals surface area contributed by atoms with Crippen molar-refractivity contribution < 1.29 is 14.2 Å². The highest BCUT2D eigenvalue weighted by atomic mass is 32.1. The Labute approximate surface area is 95.0 Å². The highest BCUT2D eigenvalue weighted by Gasteiger charge is 2.36. The molecule has 15 heavy (non-hydrogen) atoms. The Morgan fingerprint density at radius 2 is 1.60 bits per heavy atom. The maximum Gasteiger partial charge on any atom is 0.321 e. The molecule has 0 aliphatic rings. The summed E-state index contributed by atoms with van der Waals surface area (Å²) in [6, 6.07) is 3.93. The molecular weight excluding hydrogens is 212 g/mol. The molecule has 0 saturated heterocycles. The highest BCUT2D eigenvalue weighted by molar-refractivity contribution is 7.10. The minimum absolute atomic E-state index is 0.553. The first-order chi connectivity index (χ1) is 7.29. The van der Waals surface area contributed by atoms with Gasteiger partial charge in [-0.1, -0.05) is 6.07 Å². The third-order valence-corrected chi connectivity index (χ3v) is 2.76. The second kappa shape index (κ2) is 6.23. The Balaban J connectivity index is 2.90. The molecule has 0 atom stereocenters. The lowest BCUT2D eigenvalue weighted by Crippen LogP contribution is -2.35. The van der Waals surface area contributed by atoms with E-state index in [1.807, 2.05) is 38.3 Å². The van der Waals surface area contributed by atoms with Crippen molar-refractivity contribution in [1.29, 1.82) is 0 Å². The van der Waals surface area contributed by atoms with Crippen LogP contribution in [-0.2, 0) is 20.2 Å². The summed E-state index contributed by atoms with van der Waals surface area (Å²) in [7, 11) is 0. The summed E-state index contributed by atoms with van der Waals surface area (Å²) in [5.41, 5.74) is 0. The van der Waals surface area contributed by atoms with E-state index in [1.165, 1.54) is 0 Å². The van der Waals surface area contributed by atoms with Gasteiger partial charge in [-0.3, -0.25) is 0 Å². The van der Waals surface area contributed by atoms with Crippen LogP contribution in [0, 0.1) is 0 Å². The summed E-state index contributed by atoms with van der Waals surface area (Å²) < 4.78 is 16.9. The van der Waals surface area contributed by atoms with Crippen molar-refractivity contribution in [3.63, 3.8) is 0 Å². The maximum absolute atomic E-state index is 5.62. The van der Waals surface area contributed by atoms with Gasteiger partial charge in [-0.15, -0.1) is 11.3 Å². The number of ether oxygens (including phenoxy) is 3. The quantitative estimate of drug-likeness (QED) is 0.674. The van der Waals surface area contributed by atoms with E-state index in [9.17, 15) is 0 Å². The number of thiophene rings is 1. The van der Waals surface area contributed by atoms with Crippen LogP contribution in [0.2, 0.25) is 0 Å². The van der Waals surface area contributed by atoms with Crippen LogP contribution in [-0.4, -0.2) is 19.8 Å². The van der Waals surface area contributed by atoms with Crippen molar-refractivity contribution in [3.8, 4) is 0 Å². The Bertz CT molecular complexity index is 242. The maximum atomic E-state index is 5.62. The zero-order chi connectivity index (χ0) is 11.1. The standard InChI is InChI=1S/C11H18O3S/c1-4-12-11(13-5-2,14-6-3)10-8-7-9-15-10/h7-9H,4-6H2,1-3H3. The number of hydrogen-bond acceptors (Lipinski definition) is 4. The van der Waals surface area contributed by atoms with Gasteiger partial charge in [-0.25, -0.2) is 0 Å². The lowest BCUT2D eigenvalue weighted by atomic mass is 10.4. The molecule has 0 bridgehead atoms. The van der Waals surface area contributed by atoms with E-state index >= 15 is 0 Å². The van der Waals surface area contributed by atoms with E-state index in [-0.39, 0.29) is 0 Å². The van der Waals surface area contributed by atoms with Crippen molar-refractivity contribution in [2.45, 2.75) is 26.7 Å². The van der Waals surface area contributed by atoms with Gasteiger partial charge in [-0.2, -0.15) is 0 Å². The molecule has 0 aliphatic carbocycles. The topological polar surface area (TPSA) is 27.7 Å². The molecule has 1 aromatic rings. The molecule has 0 aromatic carbocycles. The molecule has 0 spiro atoms. The third-order valence-electron chi connectivity index (χ3n) is 1.83. The first-order valence-electron chi connectivity index (χ1n) is 5.24. The number of rotatable bonds is 7. The van der Waals surface area contributed by atoms with Gasteiger partial charge in [0.15, 0.2) is 0 Å². The molecule has 0 aliphatic heterocycles. The summed E-state index contributed by atoms with van der Waals surface area (Å²) in [6.07, 6.45) is 0. The number of hydrogen-bond donors (Lipinski definition) is 0. The van der Waals surface area contributed by atoms with E-state index in [0.29, 0.717) is 19.8 Å². The second-order valence-corrected chi connectivity index (χ2v) is 3.78. The van der Waals surface area contributed by atoms with Crippen LogP contribution in [0.4, 0.5) is 0 Å². The normalized spacial score (nSPS) is 11.9. The molecule has 1 heterocycles. The van der Waals surface area contributed by atoms with Crippen LogP contribution < -0.4 is 0 Å². The molecule has 1 rings (SSSR count). The average molecular weight is 230 g/mol. The van der Waals surface area contributed by atoms with Crippen molar-refractivity contribution in [2.75, 3.05) is 19.8 Å². The van der Waals surface area contributed by atoms with E-state index in [2.05, 4.69) is 0 Å². The molecule has 0 fully saturated rings. The minimum atomic E-state index is -1.01. The van der Waals surface area contributed by atoms with Crippen molar-refractivity contribution in [1.82, 2.24) is 0 Å². The van der Waals surface area contributed by atoms with Gasteiger partial charge in [0.1, 0.15) is 0 Å². The summed E-state index contributed by atoms with van der Waals surface area (Å²) in [5.74, 6) is -1.01. The fourth-order valence-electron chi connectivity index (χ4n) is 1.36. The first-order valence-corrected chi connectivity index (χ1v) is 6.12. The SMILES string of the molecule is CCOC(OCC)(OCC)c1cccs1. The second-order valence-electron chi connectivity index (χ2n) is 2.83. The fraction of sp³-hybridized carbons (Fsp3) is 0.636. The molecule has 86 valence electrons. The van der Waals surface area contributed by atoms with E-state index in [0.717, 1.165) is 4.88 Å².